The molecule has 0 atom stereocenters. The number of phenolic OH excluding ortho intramolecular Hbond substituents is 1. The molecule has 3 N–H and O–H groups in total. The van der Waals surface area contributed by atoms with Gasteiger partial charge in [-0.05, 0) is 38.0 Å². The van der Waals surface area contributed by atoms with Crippen molar-refractivity contribution in [3.8, 4) is 5.75 Å². The summed E-state index contributed by atoms with van der Waals surface area (Å²) in [4.78, 5) is 11.4. The number of hydrogen-bond acceptors (Lipinski definition) is 4. The molecule has 0 unspecified atom stereocenters. The molecule has 0 aromatic heterocycles. The normalized spacial score (nSPS) is 10.7. The summed E-state index contributed by atoms with van der Waals surface area (Å²) in [6, 6.07) is 6.86. The molecule has 4 nitrogen and oxygen atoms in total. The lowest BCUT2D eigenvalue weighted by atomic mass is 10.0. The SMILES string of the molecule is CC(C)(N)CCC(=O)OCCc1ccc(O)cc1.Cl. The van der Waals surface area contributed by atoms with Crippen LogP contribution in [0.2, 0.25) is 0 Å². The van der Waals surface area contributed by atoms with E-state index in [9.17, 15) is 4.79 Å². The lowest BCUT2D eigenvalue weighted by Gasteiger charge is -2.17. The molecule has 0 heterocycles. The second-order valence-electron chi connectivity index (χ2n) is 5.13. The van der Waals surface area contributed by atoms with Gasteiger partial charge in [0.15, 0.2) is 0 Å². The first-order valence-electron chi connectivity index (χ1n) is 6.09. The average molecular weight is 288 g/mol. The highest BCUT2D eigenvalue weighted by Crippen LogP contribution is 2.11. The van der Waals surface area contributed by atoms with Crippen molar-refractivity contribution < 1.29 is 14.6 Å². The van der Waals surface area contributed by atoms with Crippen molar-refractivity contribution in [1.29, 1.82) is 0 Å². The molecule has 0 saturated carbocycles. The van der Waals surface area contributed by atoms with E-state index in [4.69, 9.17) is 15.6 Å². The maximum atomic E-state index is 11.4. The quantitative estimate of drug-likeness (QED) is 0.788. The molecule has 108 valence electrons. The summed E-state index contributed by atoms with van der Waals surface area (Å²) in [6.07, 6.45) is 1.61. The highest BCUT2D eigenvalue weighted by atomic mass is 35.5. The Kier molecular flexibility index (Phi) is 7.49. The van der Waals surface area contributed by atoms with Gasteiger partial charge in [-0.25, -0.2) is 0 Å². The number of hydrogen-bond donors (Lipinski definition) is 2. The van der Waals surface area contributed by atoms with E-state index in [1.54, 1.807) is 12.1 Å². The van der Waals surface area contributed by atoms with Crippen LogP contribution in [0.25, 0.3) is 0 Å². The number of esters is 1. The molecule has 0 aliphatic carbocycles. The van der Waals surface area contributed by atoms with Crippen LogP contribution in [0.5, 0.6) is 5.75 Å². The Labute approximate surface area is 120 Å². The third kappa shape index (κ3) is 8.46. The van der Waals surface area contributed by atoms with Crippen molar-refractivity contribution in [1.82, 2.24) is 0 Å². The van der Waals surface area contributed by atoms with Gasteiger partial charge in [-0.15, -0.1) is 12.4 Å². The van der Waals surface area contributed by atoms with Gasteiger partial charge in [0.05, 0.1) is 6.61 Å². The predicted octanol–water partition coefficient (Wildman–Crippen LogP) is 2.42. The zero-order valence-corrected chi connectivity index (χ0v) is 12.2. The van der Waals surface area contributed by atoms with Crippen molar-refractivity contribution in [2.75, 3.05) is 6.61 Å². The number of halogens is 1. The highest BCUT2D eigenvalue weighted by molar-refractivity contribution is 5.85. The number of carbonyl (C=O) groups excluding carboxylic acids is 1. The van der Waals surface area contributed by atoms with Gasteiger partial charge in [-0.2, -0.15) is 0 Å². The highest BCUT2D eigenvalue weighted by Gasteiger charge is 2.13. The van der Waals surface area contributed by atoms with Crippen LogP contribution < -0.4 is 5.73 Å². The Hall–Kier alpha value is -1.26. The summed E-state index contributed by atoms with van der Waals surface area (Å²) in [6.45, 7) is 4.13. The van der Waals surface area contributed by atoms with Crippen molar-refractivity contribution in [2.24, 2.45) is 5.73 Å². The summed E-state index contributed by atoms with van der Waals surface area (Å²) in [5, 5.41) is 9.12. The van der Waals surface area contributed by atoms with Crippen LogP contribution >= 0.6 is 12.4 Å². The van der Waals surface area contributed by atoms with E-state index >= 15 is 0 Å². The summed E-state index contributed by atoms with van der Waals surface area (Å²) in [5.74, 6) is 0.0215. The summed E-state index contributed by atoms with van der Waals surface area (Å²) >= 11 is 0. The Balaban J connectivity index is 0.00000324. The van der Waals surface area contributed by atoms with Crippen LogP contribution in [-0.2, 0) is 16.0 Å². The van der Waals surface area contributed by atoms with Crippen LogP contribution in [-0.4, -0.2) is 23.2 Å². The number of ether oxygens (including phenoxy) is 1. The number of phenols is 1. The minimum Gasteiger partial charge on any atom is -0.508 e. The lowest BCUT2D eigenvalue weighted by molar-refractivity contribution is -0.143. The molecular weight excluding hydrogens is 266 g/mol. The van der Waals surface area contributed by atoms with Crippen molar-refractivity contribution in [3.63, 3.8) is 0 Å². The number of rotatable bonds is 6. The van der Waals surface area contributed by atoms with Gasteiger partial charge in [0.1, 0.15) is 5.75 Å². The third-order valence-corrected chi connectivity index (χ3v) is 2.56. The summed E-state index contributed by atoms with van der Waals surface area (Å²) < 4.78 is 5.11. The van der Waals surface area contributed by atoms with Gasteiger partial charge >= 0.3 is 5.97 Å². The largest absolute Gasteiger partial charge is 0.508 e. The molecule has 0 aliphatic heterocycles. The summed E-state index contributed by atoms with van der Waals surface area (Å²) in [7, 11) is 0. The van der Waals surface area contributed by atoms with E-state index in [1.807, 2.05) is 26.0 Å². The fourth-order valence-electron chi connectivity index (χ4n) is 1.44. The van der Waals surface area contributed by atoms with E-state index in [1.165, 1.54) is 0 Å². The van der Waals surface area contributed by atoms with Crippen LogP contribution in [0.15, 0.2) is 24.3 Å². The Morgan fingerprint density at radius 1 is 1.32 bits per heavy atom. The Morgan fingerprint density at radius 3 is 2.42 bits per heavy atom. The van der Waals surface area contributed by atoms with Crippen LogP contribution in [0.3, 0.4) is 0 Å². The smallest absolute Gasteiger partial charge is 0.305 e. The molecule has 5 heteroatoms. The van der Waals surface area contributed by atoms with Crippen LogP contribution in [0.1, 0.15) is 32.3 Å². The number of carbonyl (C=O) groups is 1. The molecule has 1 aromatic carbocycles. The second-order valence-corrected chi connectivity index (χ2v) is 5.13. The molecule has 0 fully saturated rings. The van der Waals surface area contributed by atoms with E-state index in [-0.39, 0.29) is 29.7 Å². The zero-order valence-electron chi connectivity index (χ0n) is 11.4. The van der Waals surface area contributed by atoms with E-state index in [0.717, 1.165) is 5.56 Å². The molecule has 0 saturated heterocycles. The number of aromatic hydroxyl groups is 1. The molecule has 1 rings (SSSR count). The summed E-state index contributed by atoms with van der Waals surface area (Å²) in [5.41, 5.74) is 6.48. The molecule has 0 radical (unpaired) electrons. The minimum absolute atomic E-state index is 0. The van der Waals surface area contributed by atoms with Crippen molar-refractivity contribution in [3.05, 3.63) is 29.8 Å². The Bertz CT molecular complexity index is 385. The Morgan fingerprint density at radius 2 is 1.89 bits per heavy atom. The first-order valence-corrected chi connectivity index (χ1v) is 6.09. The first-order chi connectivity index (χ1) is 8.37. The van der Waals surface area contributed by atoms with E-state index in [0.29, 0.717) is 25.9 Å². The second kappa shape index (κ2) is 8.02. The number of benzene rings is 1. The van der Waals surface area contributed by atoms with Gasteiger partial charge in [-0.3, -0.25) is 4.79 Å². The van der Waals surface area contributed by atoms with Crippen molar-refractivity contribution in [2.45, 2.75) is 38.6 Å². The topological polar surface area (TPSA) is 72.6 Å². The third-order valence-electron chi connectivity index (χ3n) is 2.56. The molecule has 1 aromatic rings. The molecule has 0 amide bonds. The first kappa shape index (κ1) is 17.7. The minimum atomic E-state index is -0.337. The zero-order chi connectivity index (χ0) is 13.6. The van der Waals surface area contributed by atoms with Gasteiger partial charge in [0.2, 0.25) is 0 Å². The molecule has 0 spiro atoms. The predicted molar refractivity (Wildman–Crippen MR) is 77.5 cm³/mol. The number of nitrogens with two attached hydrogens (primary N) is 1. The van der Waals surface area contributed by atoms with Crippen LogP contribution in [0.4, 0.5) is 0 Å². The molecule has 0 aliphatic rings. The van der Waals surface area contributed by atoms with Crippen LogP contribution in [0, 0.1) is 0 Å². The fraction of sp³-hybridized carbons (Fsp3) is 0.500. The standard InChI is InChI=1S/C14H21NO3.ClH/c1-14(2,15)9-7-13(17)18-10-8-11-3-5-12(16)6-4-11;/h3-6,16H,7-10,15H2,1-2H3;1H. The van der Waals surface area contributed by atoms with Gasteiger partial charge < -0.3 is 15.6 Å². The monoisotopic (exact) mass is 287 g/mol. The molecule has 0 bridgehead atoms. The van der Waals surface area contributed by atoms with Gasteiger partial charge in [0, 0.05) is 18.4 Å². The molecular formula is C14H22ClNO3. The van der Waals surface area contributed by atoms with Gasteiger partial charge in [0.25, 0.3) is 0 Å². The molecule has 19 heavy (non-hydrogen) atoms. The van der Waals surface area contributed by atoms with E-state index < -0.39 is 0 Å². The average Bonchev–Trinajstić information content (AvgIpc) is 2.28. The van der Waals surface area contributed by atoms with E-state index in [2.05, 4.69) is 0 Å². The van der Waals surface area contributed by atoms with Crippen molar-refractivity contribution >= 4 is 18.4 Å². The fourth-order valence-corrected chi connectivity index (χ4v) is 1.44. The maximum absolute atomic E-state index is 11.4. The maximum Gasteiger partial charge on any atom is 0.305 e. The van der Waals surface area contributed by atoms with Gasteiger partial charge in [-0.1, -0.05) is 12.1 Å². The lowest BCUT2D eigenvalue weighted by Crippen LogP contribution is -2.32.